The third-order valence-corrected chi connectivity index (χ3v) is 1.12. The molecule has 0 fully saturated rings. The van der Waals surface area contributed by atoms with Crippen molar-refractivity contribution in [2.24, 2.45) is 0 Å². The third-order valence-electron chi connectivity index (χ3n) is 0.870. The third kappa shape index (κ3) is 5.48. The molecule has 0 spiro atoms. The minimum atomic E-state index is -0.599. The summed E-state index contributed by atoms with van der Waals surface area (Å²) in [5, 5.41) is 3.05. The molecule has 68 valence electrons. The van der Waals surface area contributed by atoms with Crippen LogP contribution in [0.1, 0.15) is 0 Å². The van der Waals surface area contributed by atoms with Crippen LogP contribution in [-0.2, 0) is 4.74 Å². The molecule has 6 heteroatoms. The summed E-state index contributed by atoms with van der Waals surface area (Å²) in [6.45, 7) is 4.02. The van der Waals surface area contributed by atoms with E-state index in [-0.39, 0.29) is 0 Å². The Labute approximate surface area is 76.1 Å². The van der Waals surface area contributed by atoms with Crippen LogP contribution in [0.2, 0.25) is 0 Å². The summed E-state index contributed by atoms with van der Waals surface area (Å²) in [5.41, 5.74) is 4.61. The fraction of sp³-hybridized carbons (Fsp3) is 0.333. The molecule has 3 N–H and O–H groups in total. The largest absolute Gasteiger partial charge is 0.452 e. The van der Waals surface area contributed by atoms with E-state index in [1.165, 1.54) is 7.11 Å². The van der Waals surface area contributed by atoms with E-state index in [9.17, 15) is 4.79 Å². The smallest absolute Gasteiger partial charge is 0.425 e. The highest BCUT2D eigenvalue weighted by atomic mass is 32.1. The molecular weight excluding hydrogens is 178 g/mol. The summed E-state index contributed by atoms with van der Waals surface area (Å²) < 4.78 is 4.28. The van der Waals surface area contributed by atoms with Crippen molar-refractivity contribution >= 4 is 23.4 Å². The molecule has 0 aromatic heterocycles. The van der Waals surface area contributed by atoms with Gasteiger partial charge in [0.25, 0.3) is 0 Å². The van der Waals surface area contributed by atoms with Crippen LogP contribution in [0.15, 0.2) is 12.7 Å². The number of carbonyl (C=O) groups excluding carboxylic acids is 1. The average molecular weight is 189 g/mol. The summed E-state index contributed by atoms with van der Waals surface area (Å²) in [5.74, 6) is 0. The van der Waals surface area contributed by atoms with E-state index in [4.69, 9.17) is 12.2 Å². The van der Waals surface area contributed by atoms with E-state index in [0.29, 0.717) is 11.7 Å². The Bertz CT molecular complexity index is 184. The number of carbonyl (C=O) groups is 1. The lowest BCUT2D eigenvalue weighted by atomic mass is 10.6. The van der Waals surface area contributed by atoms with Crippen LogP contribution >= 0.6 is 12.2 Å². The second-order valence-corrected chi connectivity index (χ2v) is 2.15. The lowest BCUT2D eigenvalue weighted by molar-refractivity contribution is 0.168. The first kappa shape index (κ1) is 10.7. The lowest BCUT2D eigenvalue weighted by Gasteiger charge is -2.08. The molecule has 0 atom stereocenters. The lowest BCUT2D eigenvalue weighted by Crippen LogP contribution is -2.46. The predicted octanol–water partition coefficient (Wildman–Crippen LogP) is -0.0925. The number of ether oxygens (including phenoxy) is 1. The van der Waals surface area contributed by atoms with Gasteiger partial charge in [-0.2, -0.15) is 0 Å². The van der Waals surface area contributed by atoms with Gasteiger partial charge in [-0.25, -0.2) is 10.2 Å². The highest BCUT2D eigenvalue weighted by Gasteiger charge is 1.97. The Morgan fingerprint density at radius 1 is 1.67 bits per heavy atom. The van der Waals surface area contributed by atoms with Crippen LogP contribution in [-0.4, -0.2) is 24.9 Å². The molecule has 0 aliphatic heterocycles. The van der Waals surface area contributed by atoms with Gasteiger partial charge in [0, 0.05) is 6.54 Å². The van der Waals surface area contributed by atoms with E-state index >= 15 is 0 Å². The highest BCUT2D eigenvalue weighted by molar-refractivity contribution is 7.80. The molecule has 5 nitrogen and oxygen atoms in total. The zero-order chi connectivity index (χ0) is 9.40. The zero-order valence-electron chi connectivity index (χ0n) is 6.72. The molecule has 0 saturated carbocycles. The van der Waals surface area contributed by atoms with E-state index in [0.717, 1.165) is 0 Å². The van der Waals surface area contributed by atoms with Gasteiger partial charge < -0.3 is 10.1 Å². The molecule has 0 saturated heterocycles. The topological polar surface area (TPSA) is 62.4 Å². The van der Waals surface area contributed by atoms with Gasteiger partial charge in [-0.1, -0.05) is 6.08 Å². The molecule has 0 radical (unpaired) electrons. The molecule has 0 aliphatic rings. The number of thiocarbonyl (C=S) groups is 1. The molecule has 12 heavy (non-hydrogen) atoms. The maximum atomic E-state index is 10.5. The van der Waals surface area contributed by atoms with Gasteiger partial charge in [0.1, 0.15) is 0 Å². The Balaban J connectivity index is 3.43. The van der Waals surface area contributed by atoms with Crippen molar-refractivity contribution < 1.29 is 9.53 Å². The summed E-state index contributed by atoms with van der Waals surface area (Å²) in [6.07, 6.45) is 1.05. The van der Waals surface area contributed by atoms with Gasteiger partial charge in [0.05, 0.1) is 7.11 Å². The van der Waals surface area contributed by atoms with Crippen molar-refractivity contribution in [3.63, 3.8) is 0 Å². The summed E-state index contributed by atoms with van der Waals surface area (Å²) in [6, 6.07) is 0. The maximum absolute atomic E-state index is 10.5. The van der Waals surface area contributed by atoms with Crippen molar-refractivity contribution in [1.29, 1.82) is 0 Å². The first-order valence-corrected chi connectivity index (χ1v) is 3.60. The average Bonchev–Trinajstić information content (AvgIpc) is 2.10. The minimum absolute atomic E-state index is 0.306. The van der Waals surface area contributed by atoms with Gasteiger partial charge in [-0.3, -0.25) is 5.43 Å². The number of rotatable bonds is 2. The Kier molecular flexibility index (Phi) is 5.72. The van der Waals surface area contributed by atoms with E-state index in [2.05, 4.69) is 27.5 Å². The fourth-order valence-corrected chi connectivity index (χ4v) is 0.502. The standard InChI is InChI=1S/C6H11N3O2S/c1-3-4-7-5(12)8-9-6(10)11-2/h3H,1,4H2,2H3,(H,9,10)(H2,7,8,12). The Morgan fingerprint density at radius 3 is 2.83 bits per heavy atom. The number of hydrogen-bond donors (Lipinski definition) is 3. The van der Waals surface area contributed by atoms with Crippen LogP contribution < -0.4 is 16.2 Å². The van der Waals surface area contributed by atoms with Crippen LogP contribution in [0.25, 0.3) is 0 Å². The van der Waals surface area contributed by atoms with Gasteiger partial charge in [0.2, 0.25) is 0 Å². The summed E-state index contributed by atoms with van der Waals surface area (Å²) in [7, 11) is 1.26. The molecule has 1 amide bonds. The molecule has 0 heterocycles. The predicted molar refractivity (Wildman–Crippen MR) is 49.5 cm³/mol. The van der Waals surface area contributed by atoms with Crippen LogP contribution in [0, 0.1) is 0 Å². The Hall–Kier alpha value is -1.30. The number of methoxy groups -OCH3 is 1. The second kappa shape index (κ2) is 6.41. The maximum Gasteiger partial charge on any atom is 0.425 e. The van der Waals surface area contributed by atoms with Gasteiger partial charge in [-0.15, -0.1) is 6.58 Å². The van der Waals surface area contributed by atoms with Gasteiger partial charge in [-0.05, 0) is 12.2 Å². The van der Waals surface area contributed by atoms with Gasteiger partial charge in [0.15, 0.2) is 5.11 Å². The number of nitrogens with one attached hydrogen (secondary N) is 3. The van der Waals surface area contributed by atoms with E-state index in [1.54, 1.807) is 6.08 Å². The normalized spacial score (nSPS) is 8.08. The molecule has 0 aliphatic carbocycles. The monoisotopic (exact) mass is 189 g/mol. The summed E-state index contributed by atoms with van der Waals surface area (Å²) >= 11 is 4.75. The van der Waals surface area contributed by atoms with Crippen molar-refractivity contribution in [2.75, 3.05) is 13.7 Å². The molecular formula is C6H11N3O2S. The second-order valence-electron chi connectivity index (χ2n) is 1.74. The van der Waals surface area contributed by atoms with Crippen molar-refractivity contribution in [1.82, 2.24) is 16.2 Å². The van der Waals surface area contributed by atoms with E-state index < -0.39 is 6.09 Å². The Morgan fingerprint density at radius 2 is 2.33 bits per heavy atom. The SMILES string of the molecule is C=CCNC(=S)NNC(=O)OC. The molecule has 0 aromatic carbocycles. The number of hydrazine groups is 1. The first-order valence-electron chi connectivity index (χ1n) is 3.19. The van der Waals surface area contributed by atoms with Crippen LogP contribution in [0.4, 0.5) is 4.79 Å². The molecule has 0 bridgehead atoms. The van der Waals surface area contributed by atoms with Crippen LogP contribution in [0.5, 0.6) is 0 Å². The zero-order valence-corrected chi connectivity index (χ0v) is 7.53. The number of amides is 1. The molecule has 0 aromatic rings. The molecule has 0 rings (SSSR count). The number of hydrogen-bond acceptors (Lipinski definition) is 3. The quantitative estimate of drug-likeness (QED) is 0.322. The first-order chi connectivity index (χ1) is 5.70. The minimum Gasteiger partial charge on any atom is -0.452 e. The van der Waals surface area contributed by atoms with Crippen molar-refractivity contribution in [3.05, 3.63) is 12.7 Å². The van der Waals surface area contributed by atoms with E-state index in [1.807, 2.05) is 0 Å². The van der Waals surface area contributed by atoms with Crippen molar-refractivity contribution in [3.8, 4) is 0 Å². The van der Waals surface area contributed by atoms with Gasteiger partial charge >= 0.3 is 6.09 Å². The highest BCUT2D eigenvalue weighted by Crippen LogP contribution is 1.68. The fourth-order valence-electron chi connectivity index (χ4n) is 0.368. The summed E-state index contributed by atoms with van der Waals surface area (Å²) in [4.78, 5) is 10.5. The van der Waals surface area contributed by atoms with Crippen molar-refractivity contribution in [2.45, 2.75) is 0 Å². The molecule has 0 unspecified atom stereocenters. The van der Waals surface area contributed by atoms with Crippen LogP contribution in [0.3, 0.4) is 0 Å².